The second-order valence-electron chi connectivity index (χ2n) is 1.99. The van der Waals surface area contributed by atoms with Gasteiger partial charge in [0.25, 0.3) is 0 Å². The first-order chi connectivity index (χ1) is 6.07. The first-order valence-electron chi connectivity index (χ1n) is 5.25. The summed E-state index contributed by atoms with van der Waals surface area (Å²) in [5, 5.41) is 0. The summed E-state index contributed by atoms with van der Waals surface area (Å²) in [6, 6.07) is 0. The molecule has 0 aliphatic heterocycles. The van der Waals surface area contributed by atoms with E-state index >= 15 is 0 Å². The lowest BCUT2D eigenvalue weighted by molar-refractivity contribution is -0.116. The van der Waals surface area contributed by atoms with E-state index in [9.17, 15) is 4.79 Å². The normalized spacial score (nSPS) is 20.0. The summed E-state index contributed by atoms with van der Waals surface area (Å²) in [6.45, 7) is 0.658. The van der Waals surface area contributed by atoms with Gasteiger partial charge in [-0.05, 0) is 27.1 Å². The monoisotopic (exact) mass is 131 g/mol. The van der Waals surface area contributed by atoms with Gasteiger partial charge in [-0.1, -0.05) is 11.6 Å². The van der Waals surface area contributed by atoms with Crippen molar-refractivity contribution in [2.75, 3.05) is 0 Å². The SMILES string of the molecule is [2H]C([2H])([2H])C(=O)C([2H])([2H])CC=C(C)C. The van der Waals surface area contributed by atoms with Gasteiger partial charge in [-0.25, -0.2) is 0 Å². The van der Waals surface area contributed by atoms with Gasteiger partial charge in [0.2, 0.25) is 0 Å². The highest BCUT2D eigenvalue weighted by Gasteiger charge is 1.88. The zero-order valence-electron chi connectivity index (χ0n) is 10.7. The first-order valence-corrected chi connectivity index (χ1v) is 2.75. The van der Waals surface area contributed by atoms with Crippen LogP contribution in [0.4, 0.5) is 0 Å². The lowest BCUT2D eigenvalue weighted by Crippen LogP contribution is -1.86. The molecule has 0 fully saturated rings. The molecule has 0 radical (unpaired) electrons. The molecule has 0 aromatic rings. The molecular formula is C8H14O. The number of carbonyl (C=O) groups is 1. The molecule has 0 saturated carbocycles. The van der Waals surface area contributed by atoms with Crippen molar-refractivity contribution in [2.24, 2.45) is 0 Å². The van der Waals surface area contributed by atoms with Crippen LogP contribution in [0.15, 0.2) is 11.6 Å². The third kappa shape index (κ3) is 7.41. The molecule has 9 heavy (non-hydrogen) atoms. The summed E-state index contributed by atoms with van der Waals surface area (Å²) >= 11 is 0. The van der Waals surface area contributed by atoms with Gasteiger partial charge in [-0.2, -0.15) is 0 Å². The van der Waals surface area contributed by atoms with Crippen LogP contribution in [0.5, 0.6) is 0 Å². The molecule has 0 saturated heterocycles. The van der Waals surface area contributed by atoms with E-state index in [4.69, 9.17) is 6.85 Å². The van der Waals surface area contributed by atoms with Crippen molar-refractivity contribution >= 4 is 5.78 Å². The topological polar surface area (TPSA) is 17.1 Å². The quantitative estimate of drug-likeness (QED) is 0.537. The third-order valence-electron chi connectivity index (χ3n) is 0.773. The zero-order chi connectivity index (χ0) is 11.6. The molecule has 0 amide bonds. The van der Waals surface area contributed by atoms with Crippen molar-refractivity contribution < 1.29 is 11.6 Å². The minimum atomic E-state index is -2.86. The van der Waals surface area contributed by atoms with Crippen LogP contribution in [0.3, 0.4) is 0 Å². The fraction of sp³-hybridized carbons (Fsp3) is 0.625. The number of carbonyl (C=O) groups excluding carboxylic acids is 1. The van der Waals surface area contributed by atoms with E-state index < -0.39 is 19.0 Å². The summed E-state index contributed by atoms with van der Waals surface area (Å²) in [6.07, 6.45) is -0.973. The maximum atomic E-state index is 11.1. The molecule has 0 atom stereocenters. The fourth-order valence-corrected chi connectivity index (χ4v) is 0.348. The number of allylic oxidation sites excluding steroid dienone is 2. The number of Topliss-reactive ketones (excluding diaryl/α,β-unsaturated/α-hetero) is 1. The molecule has 0 N–H and O–H groups in total. The summed E-state index contributed by atoms with van der Waals surface area (Å²) in [5.41, 5.74) is 0.854. The molecule has 0 bridgehead atoms. The molecule has 52 valence electrons. The van der Waals surface area contributed by atoms with Crippen molar-refractivity contribution in [3.05, 3.63) is 11.6 Å². The minimum absolute atomic E-state index is 0.188. The van der Waals surface area contributed by atoms with Gasteiger partial charge in [-0.15, -0.1) is 0 Å². The average molecular weight is 131 g/mol. The number of ketones is 1. The Hall–Kier alpha value is -0.590. The van der Waals surface area contributed by atoms with Gasteiger partial charge >= 0.3 is 0 Å². The van der Waals surface area contributed by atoms with Gasteiger partial charge in [0.1, 0.15) is 5.78 Å². The van der Waals surface area contributed by atoms with Crippen molar-refractivity contribution in [3.63, 3.8) is 0 Å². The molecule has 1 heteroatoms. The van der Waals surface area contributed by atoms with Crippen molar-refractivity contribution in [1.29, 1.82) is 0 Å². The van der Waals surface area contributed by atoms with Gasteiger partial charge in [0, 0.05) is 13.2 Å². The molecular weight excluding hydrogens is 112 g/mol. The Morgan fingerprint density at radius 3 is 2.89 bits per heavy atom. The fourth-order valence-electron chi connectivity index (χ4n) is 0.348. The predicted octanol–water partition coefficient (Wildman–Crippen LogP) is 2.32. The summed E-state index contributed by atoms with van der Waals surface area (Å²) in [5.74, 6) is -1.33. The maximum absolute atomic E-state index is 11.1. The van der Waals surface area contributed by atoms with E-state index in [-0.39, 0.29) is 6.42 Å². The first kappa shape index (κ1) is 3.00. The minimum Gasteiger partial charge on any atom is -0.300 e. The number of hydrogen-bond donors (Lipinski definition) is 0. The second-order valence-corrected chi connectivity index (χ2v) is 1.99. The molecule has 0 spiro atoms. The standard InChI is InChI=1S/C8H14O/c1-7(2)5-4-6-8(3)9/h5H,4,6H2,1-3H3/i3D3,6D2. The molecule has 0 unspecified atom stereocenters. The van der Waals surface area contributed by atoms with Gasteiger partial charge in [0.05, 0.1) is 0 Å². The Kier molecular flexibility index (Phi) is 1.43. The van der Waals surface area contributed by atoms with Crippen LogP contribution in [-0.4, -0.2) is 5.78 Å². The average Bonchev–Trinajstić information content (AvgIpc) is 1.98. The van der Waals surface area contributed by atoms with E-state index in [0.29, 0.717) is 0 Å². The molecule has 0 aromatic heterocycles. The third-order valence-corrected chi connectivity index (χ3v) is 0.773. The predicted molar refractivity (Wildman–Crippen MR) is 39.3 cm³/mol. The number of hydrogen-bond acceptors (Lipinski definition) is 1. The summed E-state index contributed by atoms with van der Waals surface area (Å²) < 4.78 is 35.0. The van der Waals surface area contributed by atoms with Gasteiger partial charge in [-0.3, -0.25) is 0 Å². The highest BCUT2D eigenvalue weighted by Crippen LogP contribution is 1.96. The van der Waals surface area contributed by atoms with Crippen LogP contribution in [0.25, 0.3) is 0 Å². The van der Waals surface area contributed by atoms with Crippen molar-refractivity contribution in [1.82, 2.24) is 0 Å². The van der Waals surface area contributed by atoms with E-state index in [1.165, 1.54) is 6.08 Å². The van der Waals surface area contributed by atoms with Gasteiger partial charge in [0.15, 0.2) is 0 Å². The van der Waals surface area contributed by atoms with E-state index in [0.717, 1.165) is 5.57 Å². The Morgan fingerprint density at radius 2 is 2.44 bits per heavy atom. The van der Waals surface area contributed by atoms with Crippen molar-refractivity contribution in [2.45, 2.75) is 33.5 Å². The molecule has 0 aromatic carbocycles. The van der Waals surface area contributed by atoms with E-state index in [2.05, 4.69) is 0 Å². The van der Waals surface area contributed by atoms with E-state index in [1.54, 1.807) is 13.8 Å². The summed E-state index contributed by atoms with van der Waals surface area (Å²) in [7, 11) is 0. The molecule has 0 aliphatic carbocycles. The van der Waals surface area contributed by atoms with Crippen molar-refractivity contribution in [3.8, 4) is 0 Å². The molecule has 1 nitrogen and oxygen atoms in total. The van der Waals surface area contributed by atoms with Gasteiger partial charge < -0.3 is 4.79 Å². The zero-order valence-corrected chi connectivity index (χ0v) is 5.69. The smallest absolute Gasteiger partial charge is 0.130 e. The lowest BCUT2D eigenvalue weighted by atomic mass is 10.2. The highest BCUT2D eigenvalue weighted by atomic mass is 16.1. The molecule has 0 heterocycles. The molecule has 0 rings (SSSR count). The maximum Gasteiger partial charge on any atom is 0.130 e. The Balaban J connectivity index is 4.63. The Labute approximate surface area is 63.8 Å². The summed E-state index contributed by atoms with van der Waals surface area (Å²) in [4.78, 5) is 11.1. The number of rotatable bonds is 3. The van der Waals surface area contributed by atoms with Crippen LogP contribution in [-0.2, 0) is 4.79 Å². The van der Waals surface area contributed by atoms with Crippen LogP contribution in [0.2, 0.25) is 0 Å². The highest BCUT2D eigenvalue weighted by molar-refractivity contribution is 5.75. The van der Waals surface area contributed by atoms with E-state index in [1.807, 2.05) is 0 Å². The Morgan fingerprint density at radius 1 is 1.78 bits per heavy atom. The largest absolute Gasteiger partial charge is 0.300 e. The molecule has 0 aliphatic rings. The van der Waals surface area contributed by atoms with Crippen LogP contribution >= 0.6 is 0 Å². The van der Waals surface area contributed by atoms with Crippen LogP contribution < -0.4 is 0 Å². The van der Waals surface area contributed by atoms with Crippen LogP contribution in [0.1, 0.15) is 40.3 Å². The lowest BCUT2D eigenvalue weighted by Gasteiger charge is -1.89. The Bertz CT molecular complexity index is 247. The second kappa shape index (κ2) is 4.30. The van der Waals surface area contributed by atoms with Crippen LogP contribution in [0, 0.1) is 0 Å².